The number of likely N-dealkylation sites (tertiary alicyclic amines) is 1. The second kappa shape index (κ2) is 6.35. The fourth-order valence-electron chi connectivity index (χ4n) is 2.97. The van der Waals surface area contributed by atoms with Crippen molar-refractivity contribution in [1.29, 1.82) is 0 Å². The second-order valence-corrected chi connectivity index (χ2v) is 5.46. The topological polar surface area (TPSA) is 37.4 Å². The highest BCUT2D eigenvalue weighted by atomic mass is 16.5. The Bertz CT molecular complexity index is 410. The molecule has 0 saturated carbocycles. The Morgan fingerprint density at radius 3 is 2.95 bits per heavy atom. The van der Waals surface area contributed by atoms with E-state index in [0.717, 1.165) is 13.1 Å². The third-order valence-corrected chi connectivity index (χ3v) is 4.46. The highest BCUT2D eigenvalue weighted by molar-refractivity contribution is 5.20. The van der Waals surface area contributed by atoms with Crippen LogP contribution in [-0.4, -0.2) is 42.7 Å². The van der Waals surface area contributed by atoms with Crippen LogP contribution in [0, 0.1) is 5.92 Å². The summed E-state index contributed by atoms with van der Waals surface area (Å²) in [4.78, 5) is 6.71. The number of ether oxygens (including phenoxy) is 1. The zero-order valence-electron chi connectivity index (χ0n) is 12.4. The van der Waals surface area contributed by atoms with Gasteiger partial charge in [-0.2, -0.15) is 0 Å². The van der Waals surface area contributed by atoms with E-state index in [1.807, 2.05) is 12.3 Å². The van der Waals surface area contributed by atoms with Crippen molar-refractivity contribution in [3.63, 3.8) is 0 Å². The third-order valence-electron chi connectivity index (χ3n) is 4.46. The van der Waals surface area contributed by atoms with Gasteiger partial charge < -0.3 is 10.1 Å². The molecule has 2 heterocycles. The first-order valence-electron chi connectivity index (χ1n) is 7.06. The largest absolute Gasteiger partial charge is 0.481 e. The molecule has 4 nitrogen and oxygen atoms in total. The zero-order valence-corrected chi connectivity index (χ0v) is 12.4. The smallest absolute Gasteiger partial charge is 0.213 e. The Kier molecular flexibility index (Phi) is 4.77. The van der Waals surface area contributed by atoms with Gasteiger partial charge in [-0.05, 0) is 37.9 Å². The van der Waals surface area contributed by atoms with Gasteiger partial charge in [0.05, 0.1) is 7.11 Å². The van der Waals surface area contributed by atoms with Crippen molar-refractivity contribution < 1.29 is 4.74 Å². The number of methoxy groups -OCH3 is 1. The van der Waals surface area contributed by atoms with Crippen molar-refractivity contribution in [2.75, 3.05) is 20.7 Å². The standard InChI is InChI=1S/C15H25N3O/c1-11-12(2)18(8-6-14(11)16-3)10-13-5-7-17-15(9-13)19-4/h5,7,9,11-12,14,16H,6,8,10H2,1-4H3. The van der Waals surface area contributed by atoms with E-state index in [2.05, 4.69) is 42.2 Å². The van der Waals surface area contributed by atoms with Gasteiger partial charge in [0.2, 0.25) is 5.88 Å². The van der Waals surface area contributed by atoms with Crippen LogP contribution in [0.15, 0.2) is 18.3 Å². The van der Waals surface area contributed by atoms with E-state index in [9.17, 15) is 0 Å². The number of hydrogen-bond donors (Lipinski definition) is 1. The van der Waals surface area contributed by atoms with Crippen LogP contribution < -0.4 is 10.1 Å². The number of aromatic nitrogens is 1. The van der Waals surface area contributed by atoms with Gasteiger partial charge >= 0.3 is 0 Å². The molecule has 19 heavy (non-hydrogen) atoms. The summed E-state index contributed by atoms with van der Waals surface area (Å²) in [5.74, 6) is 1.37. The highest BCUT2D eigenvalue weighted by Crippen LogP contribution is 2.25. The Balaban J connectivity index is 2.02. The van der Waals surface area contributed by atoms with Crippen molar-refractivity contribution in [2.24, 2.45) is 5.92 Å². The Hall–Kier alpha value is -1.13. The summed E-state index contributed by atoms with van der Waals surface area (Å²) in [5, 5.41) is 3.43. The molecule has 1 N–H and O–H groups in total. The van der Waals surface area contributed by atoms with Crippen LogP contribution in [-0.2, 0) is 6.54 Å². The molecule has 4 heteroatoms. The third kappa shape index (κ3) is 3.25. The maximum Gasteiger partial charge on any atom is 0.213 e. The molecule has 106 valence electrons. The fraction of sp³-hybridized carbons (Fsp3) is 0.667. The number of nitrogens with zero attached hydrogens (tertiary/aromatic N) is 2. The molecule has 0 spiro atoms. The van der Waals surface area contributed by atoms with Gasteiger partial charge in [-0.3, -0.25) is 4.90 Å². The molecule has 3 atom stereocenters. The molecule has 3 unspecified atom stereocenters. The minimum atomic E-state index is 0.588. The lowest BCUT2D eigenvalue weighted by Gasteiger charge is -2.42. The van der Waals surface area contributed by atoms with Gasteiger partial charge in [-0.25, -0.2) is 4.98 Å². The summed E-state index contributed by atoms with van der Waals surface area (Å²) >= 11 is 0. The summed E-state index contributed by atoms with van der Waals surface area (Å²) in [5.41, 5.74) is 1.27. The average molecular weight is 263 g/mol. The first-order valence-corrected chi connectivity index (χ1v) is 7.06. The van der Waals surface area contributed by atoms with E-state index in [0.29, 0.717) is 23.9 Å². The van der Waals surface area contributed by atoms with Gasteiger partial charge in [-0.15, -0.1) is 0 Å². The molecular weight excluding hydrogens is 238 g/mol. The number of rotatable bonds is 4. The Labute approximate surface area is 116 Å². The van der Waals surface area contributed by atoms with Crippen LogP contribution in [0.2, 0.25) is 0 Å². The van der Waals surface area contributed by atoms with Crippen LogP contribution in [0.3, 0.4) is 0 Å². The van der Waals surface area contributed by atoms with Crippen LogP contribution in [0.5, 0.6) is 5.88 Å². The summed E-state index contributed by atoms with van der Waals surface area (Å²) < 4.78 is 5.19. The molecule has 0 radical (unpaired) electrons. The molecule has 0 aliphatic carbocycles. The summed E-state index contributed by atoms with van der Waals surface area (Å²) in [6.07, 6.45) is 3.03. The molecule has 2 rings (SSSR count). The quantitative estimate of drug-likeness (QED) is 0.900. The van der Waals surface area contributed by atoms with Crippen molar-refractivity contribution in [1.82, 2.24) is 15.2 Å². The molecule has 0 amide bonds. The molecule has 1 fully saturated rings. The van der Waals surface area contributed by atoms with E-state index in [-0.39, 0.29) is 0 Å². The normalized spacial score (nSPS) is 28.3. The van der Waals surface area contributed by atoms with Gasteiger partial charge in [0, 0.05) is 37.4 Å². The minimum absolute atomic E-state index is 0.588. The van der Waals surface area contributed by atoms with E-state index >= 15 is 0 Å². The molecule has 0 aromatic carbocycles. The van der Waals surface area contributed by atoms with E-state index in [4.69, 9.17) is 4.74 Å². The van der Waals surface area contributed by atoms with Crippen molar-refractivity contribution >= 4 is 0 Å². The van der Waals surface area contributed by atoms with E-state index in [1.165, 1.54) is 12.0 Å². The van der Waals surface area contributed by atoms with Crippen LogP contribution in [0.1, 0.15) is 25.8 Å². The zero-order chi connectivity index (χ0) is 13.8. The monoisotopic (exact) mass is 263 g/mol. The first-order chi connectivity index (χ1) is 9.15. The van der Waals surface area contributed by atoms with Crippen molar-refractivity contribution in [3.8, 4) is 5.88 Å². The number of hydrogen-bond acceptors (Lipinski definition) is 4. The molecule has 1 aliphatic heterocycles. The number of pyridine rings is 1. The lowest BCUT2D eigenvalue weighted by molar-refractivity contribution is 0.0810. The maximum atomic E-state index is 5.19. The van der Waals surface area contributed by atoms with Crippen LogP contribution in [0.25, 0.3) is 0 Å². The Morgan fingerprint density at radius 2 is 2.26 bits per heavy atom. The molecule has 1 saturated heterocycles. The lowest BCUT2D eigenvalue weighted by Crippen LogP contribution is -2.52. The molecule has 1 aliphatic rings. The molecule has 0 bridgehead atoms. The fourth-order valence-corrected chi connectivity index (χ4v) is 2.97. The van der Waals surface area contributed by atoms with E-state index in [1.54, 1.807) is 7.11 Å². The second-order valence-electron chi connectivity index (χ2n) is 5.46. The highest BCUT2D eigenvalue weighted by Gasteiger charge is 2.31. The SMILES string of the molecule is CNC1CCN(Cc2ccnc(OC)c2)C(C)C1C. The van der Waals surface area contributed by atoms with Gasteiger partial charge in [0.15, 0.2) is 0 Å². The molecular formula is C15H25N3O. The first kappa shape index (κ1) is 14.3. The number of piperidine rings is 1. The number of nitrogens with one attached hydrogen (secondary N) is 1. The van der Waals surface area contributed by atoms with Gasteiger partial charge in [-0.1, -0.05) is 6.92 Å². The summed E-state index contributed by atoms with van der Waals surface area (Å²) in [6.45, 7) is 6.78. The van der Waals surface area contributed by atoms with Crippen molar-refractivity contribution in [3.05, 3.63) is 23.9 Å². The summed E-state index contributed by atoms with van der Waals surface area (Å²) in [7, 11) is 3.73. The molecule has 1 aromatic heterocycles. The van der Waals surface area contributed by atoms with Gasteiger partial charge in [0.25, 0.3) is 0 Å². The predicted octanol–water partition coefficient (Wildman–Crippen LogP) is 1.91. The van der Waals surface area contributed by atoms with Crippen LogP contribution in [0.4, 0.5) is 0 Å². The maximum absolute atomic E-state index is 5.19. The molecule has 1 aromatic rings. The van der Waals surface area contributed by atoms with Crippen LogP contribution >= 0.6 is 0 Å². The van der Waals surface area contributed by atoms with Crippen molar-refractivity contribution in [2.45, 2.75) is 38.9 Å². The lowest BCUT2D eigenvalue weighted by atomic mass is 9.87. The van der Waals surface area contributed by atoms with E-state index < -0.39 is 0 Å². The summed E-state index contributed by atoms with van der Waals surface area (Å²) in [6, 6.07) is 5.33. The predicted molar refractivity (Wildman–Crippen MR) is 77.3 cm³/mol. The Morgan fingerprint density at radius 1 is 1.47 bits per heavy atom. The van der Waals surface area contributed by atoms with Gasteiger partial charge in [0.1, 0.15) is 0 Å². The average Bonchev–Trinajstić information content (AvgIpc) is 2.44. The minimum Gasteiger partial charge on any atom is -0.481 e.